The van der Waals surface area contributed by atoms with Gasteiger partial charge in [0.15, 0.2) is 5.96 Å². The zero-order chi connectivity index (χ0) is 21.5. The van der Waals surface area contributed by atoms with Crippen molar-refractivity contribution >= 4 is 36.0 Å². The lowest BCUT2D eigenvalue weighted by Gasteiger charge is -2.33. The van der Waals surface area contributed by atoms with Crippen LogP contribution < -0.4 is 10.6 Å². The summed E-state index contributed by atoms with van der Waals surface area (Å²) in [5.74, 6) is 3.22. The van der Waals surface area contributed by atoms with E-state index in [9.17, 15) is 4.79 Å². The fourth-order valence-corrected chi connectivity index (χ4v) is 4.11. The molecule has 0 bridgehead atoms. The molecule has 0 spiro atoms. The summed E-state index contributed by atoms with van der Waals surface area (Å²) in [4.78, 5) is 24.7. The highest BCUT2D eigenvalue weighted by molar-refractivity contribution is 14.0. The first-order valence-corrected chi connectivity index (χ1v) is 10.9. The van der Waals surface area contributed by atoms with Gasteiger partial charge in [-0.25, -0.2) is 9.78 Å². The molecule has 31 heavy (non-hydrogen) atoms. The predicted octanol–water partition coefficient (Wildman–Crippen LogP) is 2.52. The molecular weight excluding hydrogens is 511 g/mol. The van der Waals surface area contributed by atoms with E-state index in [1.807, 2.05) is 20.9 Å². The van der Waals surface area contributed by atoms with Gasteiger partial charge in [-0.15, -0.1) is 24.0 Å². The summed E-state index contributed by atoms with van der Waals surface area (Å²) in [7, 11) is 3.24. The molecular formula is C21H37IN6O3. The Balaban J connectivity index is 0.00000341. The van der Waals surface area contributed by atoms with Gasteiger partial charge in [-0.2, -0.15) is 0 Å². The van der Waals surface area contributed by atoms with Crippen LogP contribution in [0.5, 0.6) is 0 Å². The summed E-state index contributed by atoms with van der Waals surface area (Å²) in [6.07, 6.45) is 3.86. The van der Waals surface area contributed by atoms with Crippen molar-refractivity contribution in [2.45, 2.75) is 52.1 Å². The maximum absolute atomic E-state index is 11.6. The van der Waals surface area contributed by atoms with E-state index in [0.29, 0.717) is 25.0 Å². The number of halogens is 1. The van der Waals surface area contributed by atoms with Gasteiger partial charge in [0.1, 0.15) is 5.76 Å². The third kappa shape index (κ3) is 7.51. The number of nitrogens with zero attached hydrogens (tertiary/aromatic N) is 4. The number of carbonyl (C=O) groups excluding carboxylic acids is 1. The zero-order valence-electron chi connectivity index (χ0n) is 19.1. The number of aryl methyl sites for hydroxylation is 2. The van der Waals surface area contributed by atoms with Crippen molar-refractivity contribution in [1.29, 1.82) is 0 Å². The van der Waals surface area contributed by atoms with Gasteiger partial charge in [0.25, 0.3) is 0 Å². The third-order valence-corrected chi connectivity index (χ3v) is 6.19. The van der Waals surface area contributed by atoms with Crippen molar-refractivity contribution in [2.24, 2.45) is 10.9 Å². The second-order valence-corrected chi connectivity index (χ2v) is 8.30. The highest BCUT2D eigenvalue weighted by atomic mass is 127. The molecule has 10 heteroatoms. The van der Waals surface area contributed by atoms with Crippen LogP contribution in [0.4, 0.5) is 4.79 Å². The lowest BCUT2D eigenvalue weighted by molar-refractivity contribution is 0.111. The normalized spacial score (nSPS) is 19.1. The first-order chi connectivity index (χ1) is 14.5. The number of hydrogen-bond donors (Lipinski definition) is 2. The summed E-state index contributed by atoms with van der Waals surface area (Å²) in [5.41, 5.74) is 0.985. The van der Waals surface area contributed by atoms with E-state index < -0.39 is 0 Å². The Labute approximate surface area is 202 Å². The van der Waals surface area contributed by atoms with Gasteiger partial charge < -0.3 is 24.7 Å². The average Bonchev–Trinajstić information content (AvgIpc) is 3.08. The number of aliphatic imine (C=N–C) groups is 1. The molecule has 0 aromatic carbocycles. The van der Waals surface area contributed by atoms with E-state index in [0.717, 1.165) is 75.2 Å². The second kappa shape index (κ2) is 12.5. The van der Waals surface area contributed by atoms with E-state index in [1.54, 1.807) is 4.90 Å². The number of carbonyl (C=O) groups is 1. The van der Waals surface area contributed by atoms with Crippen molar-refractivity contribution in [2.75, 3.05) is 46.9 Å². The van der Waals surface area contributed by atoms with E-state index in [4.69, 9.17) is 9.15 Å². The summed E-state index contributed by atoms with van der Waals surface area (Å²) in [5, 5.41) is 6.99. The quantitative estimate of drug-likeness (QED) is 0.332. The molecule has 0 radical (unpaired) electrons. The van der Waals surface area contributed by atoms with E-state index in [2.05, 4.69) is 25.5 Å². The van der Waals surface area contributed by atoms with Crippen molar-refractivity contribution in [3.63, 3.8) is 0 Å². The molecule has 3 heterocycles. The molecule has 1 aromatic rings. The molecule has 176 valence electrons. The Hall–Kier alpha value is -1.56. The summed E-state index contributed by atoms with van der Waals surface area (Å²) in [6, 6.07) is 0.326. The summed E-state index contributed by atoms with van der Waals surface area (Å²) >= 11 is 0. The maximum Gasteiger partial charge on any atom is 0.409 e. The number of piperidine rings is 2. The Morgan fingerprint density at radius 2 is 1.87 bits per heavy atom. The molecule has 0 unspecified atom stereocenters. The summed E-state index contributed by atoms with van der Waals surface area (Å²) < 4.78 is 10.5. The molecule has 2 fully saturated rings. The minimum Gasteiger partial charge on any atom is -0.453 e. The minimum atomic E-state index is -0.240. The molecule has 0 aliphatic carbocycles. The van der Waals surface area contributed by atoms with Crippen LogP contribution >= 0.6 is 24.0 Å². The Morgan fingerprint density at radius 1 is 1.19 bits per heavy atom. The van der Waals surface area contributed by atoms with Crippen LogP contribution in [0.2, 0.25) is 0 Å². The topological polar surface area (TPSA) is 95.2 Å². The molecule has 2 N–H and O–H groups in total. The number of guanidine groups is 1. The highest BCUT2D eigenvalue weighted by Gasteiger charge is 2.24. The van der Waals surface area contributed by atoms with Crippen LogP contribution in [0, 0.1) is 19.8 Å². The molecule has 2 saturated heterocycles. The number of rotatable bonds is 5. The molecule has 2 aliphatic rings. The molecule has 1 amide bonds. The molecule has 0 atom stereocenters. The predicted molar refractivity (Wildman–Crippen MR) is 131 cm³/mol. The number of methoxy groups -OCH3 is 1. The second-order valence-electron chi connectivity index (χ2n) is 8.30. The van der Waals surface area contributed by atoms with Gasteiger partial charge in [0, 0.05) is 32.7 Å². The van der Waals surface area contributed by atoms with E-state index >= 15 is 0 Å². The van der Waals surface area contributed by atoms with Crippen LogP contribution in [0.1, 0.15) is 43.0 Å². The van der Waals surface area contributed by atoms with E-state index in [1.165, 1.54) is 7.11 Å². The lowest BCUT2D eigenvalue weighted by atomic mass is 9.97. The fourth-order valence-electron chi connectivity index (χ4n) is 4.11. The molecule has 1 aromatic heterocycles. The Kier molecular flexibility index (Phi) is 10.3. The maximum atomic E-state index is 11.6. The van der Waals surface area contributed by atoms with Crippen molar-refractivity contribution < 1.29 is 13.9 Å². The summed E-state index contributed by atoms with van der Waals surface area (Å²) in [6.45, 7) is 9.22. The van der Waals surface area contributed by atoms with Gasteiger partial charge in [0.05, 0.1) is 19.3 Å². The van der Waals surface area contributed by atoms with Crippen LogP contribution in [0.25, 0.3) is 0 Å². The first kappa shape index (κ1) is 25.7. The molecule has 2 aliphatic heterocycles. The smallest absolute Gasteiger partial charge is 0.409 e. The fraction of sp³-hybridized carbons (Fsp3) is 0.762. The number of hydrogen-bond acceptors (Lipinski definition) is 6. The van der Waals surface area contributed by atoms with Gasteiger partial charge >= 0.3 is 6.09 Å². The van der Waals surface area contributed by atoms with Gasteiger partial charge in [0.2, 0.25) is 5.89 Å². The Morgan fingerprint density at radius 3 is 2.42 bits per heavy atom. The molecule has 9 nitrogen and oxygen atoms in total. The van der Waals surface area contributed by atoms with Crippen LogP contribution in [-0.2, 0) is 11.3 Å². The zero-order valence-corrected chi connectivity index (χ0v) is 21.5. The van der Waals surface area contributed by atoms with Gasteiger partial charge in [-0.3, -0.25) is 9.89 Å². The van der Waals surface area contributed by atoms with Gasteiger partial charge in [-0.1, -0.05) is 0 Å². The van der Waals surface area contributed by atoms with Crippen LogP contribution in [0.15, 0.2) is 9.41 Å². The van der Waals surface area contributed by atoms with Crippen molar-refractivity contribution in [3.05, 3.63) is 17.3 Å². The number of oxazole rings is 1. The number of aromatic nitrogens is 1. The SMILES string of the molecule is CN=C(NCC1CCN(Cc2nc(C)c(C)o2)CC1)NC1CCN(C(=O)OC)CC1.I. The van der Waals surface area contributed by atoms with Crippen molar-refractivity contribution in [3.8, 4) is 0 Å². The standard InChI is InChI=1S/C21H36N6O3.HI/c1-15-16(2)30-19(24-15)14-26-9-5-17(6-10-26)13-23-20(22-3)25-18-7-11-27(12-8-18)21(28)29-4;/h17-18H,5-14H2,1-4H3,(H2,22,23,25);1H. The minimum absolute atomic E-state index is 0. The van der Waals surface area contributed by atoms with Crippen molar-refractivity contribution in [1.82, 2.24) is 25.4 Å². The van der Waals surface area contributed by atoms with Crippen LogP contribution in [-0.4, -0.2) is 79.8 Å². The monoisotopic (exact) mass is 548 g/mol. The first-order valence-electron chi connectivity index (χ1n) is 10.9. The third-order valence-electron chi connectivity index (χ3n) is 6.19. The largest absolute Gasteiger partial charge is 0.453 e. The lowest BCUT2D eigenvalue weighted by Crippen LogP contribution is -2.50. The number of likely N-dealkylation sites (tertiary alicyclic amines) is 2. The Bertz CT molecular complexity index is 705. The van der Waals surface area contributed by atoms with Crippen LogP contribution in [0.3, 0.4) is 0 Å². The number of amides is 1. The van der Waals surface area contributed by atoms with E-state index in [-0.39, 0.29) is 30.1 Å². The molecule has 0 saturated carbocycles. The van der Waals surface area contributed by atoms with Gasteiger partial charge in [-0.05, 0) is 58.5 Å². The number of ether oxygens (including phenoxy) is 1. The number of nitrogens with one attached hydrogen (secondary N) is 2. The highest BCUT2D eigenvalue weighted by Crippen LogP contribution is 2.19. The molecule has 3 rings (SSSR count). The average molecular weight is 548 g/mol.